The standard InChI is InChI=1S/C31H43N7O9S/c1-2-9-30(46)38(21-39)13-8-4-7-12-26(42)33-16-27(43)34-18-29(45)37-24(14-22-10-5-3-6-11-22)31(47)35-17-28(44)36-20-48-19-23(40)15-25(32)41/h2-3,5-6,9-11,21,24H,4,7-8,12-20H2,1H3,(H2,32,41)(H,33,42)(H,34,43)(H,35,47)(H,36,44)(H,37,45)/b9-2-. The van der Waals surface area contributed by atoms with Crippen LogP contribution in [0.1, 0.15) is 44.6 Å². The minimum absolute atomic E-state index is 0.0183. The minimum Gasteiger partial charge on any atom is -0.369 e. The van der Waals surface area contributed by atoms with Crippen LogP contribution >= 0.6 is 11.8 Å². The molecule has 8 amide bonds. The van der Waals surface area contributed by atoms with Crippen molar-refractivity contribution in [3.8, 4) is 0 Å². The van der Waals surface area contributed by atoms with Crippen molar-refractivity contribution in [3.63, 3.8) is 0 Å². The SMILES string of the molecule is C/C=C\C(=O)N(C=O)CCCCCC(=O)NCC(=O)NCC(=O)NC(Cc1ccccc1)C(=O)NCC(=O)NCSCC(=O)CC(N)=O. The Morgan fingerprint density at radius 2 is 1.48 bits per heavy atom. The third-order valence-corrected chi connectivity index (χ3v) is 7.15. The molecule has 0 saturated heterocycles. The molecule has 0 aromatic heterocycles. The van der Waals surface area contributed by atoms with Crippen LogP contribution < -0.4 is 32.3 Å². The van der Waals surface area contributed by atoms with Crippen LogP contribution in [-0.2, 0) is 49.6 Å². The Morgan fingerprint density at radius 1 is 0.833 bits per heavy atom. The fraction of sp³-hybridized carbons (Fsp3) is 0.452. The molecule has 1 aromatic carbocycles. The fourth-order valence-electron chi connectivity index (χ4n) is 3.91. The van der Waals surface area contributed by atoms with Gasteiger partial charge in [-0.25, -0.2) is 0 Å². The maximum absolute atomic E-state index is 12.9. The van der Waals surface area contributed by atoms with Gasteiger partial charge in [-0.05, 0) is 31.4 Å². The zero-order valence-corrected chi connectivity index (χ0v) is 27.6. The lowest BCUT2D eigenvalue weighted by molar-refractivity contribution is -0.134. The second kappa shape index (κ2) is 24.2. The first-order chi connectivity index (χ1) is 22.9. The molecule has 0 heterocycles. The summed E-state index contributed by atoms with van der Waals surface area (Å²) in [5.74, 6) is -4.36. The number of thioether (sulfide) groups is 1. The van der Waals surface area contributed by atoms with E-state index in [2.05, 4.69) is 26.6 Å². The third kappa shape index (κ3) is 19.5. The van der Waals surface area contributed by atoms with E-state index in [9.17, 15) is 43.2 Å². The summed E-state index contributed by atoms with van der Waals surface area (Å²) in [6, 6.07) is 7.74. The van der Waals surface area contributed by atoms with Gasteiger partial charge in [0.1, 0.15) is 6.04 Å². The van der Waals surface area contributed by atoms with E-state index < -0.39 is 54.6 Å². The number of carbonyl (C=O) groups excluding carboxylic acids is 9. The molecule has 0 bridgehead atoms. The van der Waals surface area contributed by atoms with E-state index >= 15 is 0 Å². The number of nitrogens with zero attached hydrogens (tertiary/aromatic N) is 1. The van der Waals surface area contributed by atoms with Gasteiger partial charge in [0, 0.05) is 19.4 Å². The lowest BCUT2D eigenvalue weighted by atomic mass is 10.1. The average molecular weight is 690 g/mol. The highest BCUT2D eigenvalue weighted by Gasteiger charge is 2.22. The molecule has 7 N–H and O–H groups in total. The van der Waals surface area contributed by atoms with Crippen molar-refractivity contribution >= 4 is 65.3 Å². The van der Waals surface area contributed by atoms with Gasteiger partial charge in [0.2, 0.25) is 41.9 Å². The number of allylic oxidation sites excluding steroid dienone is 1. The number of rotatable bonds is 24. The van der Waals surface area contributed by atoms with Crippen molar-refractivity contribution in [3.05, 3.63) is 48.0 Å². The van der Waals surface area contributed by atoms with Gasteiger partial charge in [-0.15, -0.1) is 11.8 Å². The Kier molecular flexibility index (Phi) is 20.6. The van der Waals surface area contributed by atoms with Crippen LogP contribution in [0.15, 0.2) is 42.5 Å². The number of hydrogen-bond acceptors (Lipinski definition) is 10. The van der Waals surface area contributed by atoms with Gasteiger partial charge < -0.3 is 32.3 Å². The Balaban J connectivity index is 2.44. The number of amides is 8. The molecule has 0 saturated carbocycles. The summed E-state index contributed by atoms with van der Waals surface area (Å²) >= 11 is 1.06. The van der Waals surface area contributed by atoms with Crippen LogP contribution in [0.25, 0.3) is 0 Å². The van der Waals surface area contributed by atoms with Crippen LogP contribution in [0.2, 0.25) is 0 Å². The quantitative estimate of drug-likeness (QED) is 0.0240. The average Bonchev–Trinajstić information content (AvgIpc) is 3.05. The van der Waals surface area contributed by atoms with E-state index in [1.807, 2.05) is 0 Å². The maximum atomic E-state index is 12.9. The molecule has 1 aromatic rings. The number of imide groups is 1. The summed E-state index contributed by atoms with van der Waals surface area (Å²) in [5.41, 5.74) is 5.69. The Morgan fingerprint density at radius 3 is 2.15 bits per heavy atom. The van der Waals surface area contributed by atoms with E-state index in [0.29, 0.717) is 25.7 Å². The lowest BCUT2D eigenvalue weighted by Crippen LogP contribution is -2.52. The largest absolute Gasteiger partial charge is 0.369 e. The second-order valence-corrected chi connectivity index (χ2v) is 11.3. The van der Waals surface area contributed by atoms with Crippen LogP contribution in [0.5, 0.6) is 0 Å². The van der Waals surface area contributed by atoms with Crippen LogP contribution in [-0.4, -0.2) is 102 Å². The third-order valence-electron chi connectivity index (χ3n) is 6.28. The molecule has 0 fully saturated rings. The van der Waals surface area contributed by atoms with Crippen molar-refractivity contribution in [2.45, 2.75) is 51.5 Å². The van der Waals surface area contributed by atoms with Gasteiger partial charge in [-0.2, -0.15) is 0 Å². The molecule has 0 spiro atoms. The monoisotopic (exact) mass is 689 g/mol. The van der Waals surface area contributed by atoms with Crippen molar-refractivity contribution in [1.82, 2.24) is 31.5 Å². The van der Waals surface area contributed by atoms with Gasteiger partial charge in [-0.3, -0.25) is 48.1 Å². The van der Waals surface area contributed by atoms with E-state index in [1.54, 1.807) is 37.3 Å². The summed E-state index contributed by atoms with van der Waals surface area (Å²) in [6.45, 7) is 0.648. The van der Waals surface area contributed by atoms with Crippen LogP contribution in [0, 0.1) is 0 Å². The highest BCUT2D eigenvalue weighted by Crippen LogP contribution is 2.05. The molecule has 0 aliphatic rings. The molecule has 0 aliphatic carbocycles. The Labute approximate surface area is 282 Å². The first-order valence-electron chi connectivity index (χ1n) is 15.1. The number of hydrogen-bond donors (Lipinski definition) is 6. The number of primary amides is 1. The summed E-state index contributed by atoms with van der Waals surface area (Å²) in [7, 11) is 0. The number of ketones is 1. The number of Topliss-reactive ketones (excluding diaryl/α,β-unsaturated/α-hetero) is 1. The molecule has 262 valence electrons. The molecular weight excluding hydrogens is 646 g/mol. The Bertz CT molecular complexity index is 1310. The topological polar surface area (TPSA) is 243 Å². The van der Waals surface area contributed by atoms with E-state index in [-0.39, 0.29) is 55.7 Å². The van der Waals surface area contributed by atoms with Crippen molar-refractivity contribution in [2.24, 2.45) is 5.73 Å². The number of unbranched alkanes of at least 4 members (excludes halogenated alkanes) is 2. The summed E-state index contributed by atoms with van der Waals surface area (Å²) < 4.78 is 0. The first-order valence-corrected chi connectivity index (χ1v) is 16.3. The smallest absolute Gasteiger partial charge is 0.252 e. The highest BCUT2D eigenvalue weighted by molar-refractivity contribution is 7.99. The number of nitrogens with one attached hydrogen (secondary N) is 5. The summed E-state index contributed by atoms with van der Waals surface area (Å²) in [6.07, 6.45) is 4.69. The van der Waals surface area contributed by atoms with Crippen LogP contribution in [0.3, 0.4) is 0 Å². The summed E-state index contributed by atoms with van der Waals surface area (Å²) in [4.78, 5) is 108. The van der Waals surface area contributed by atoms with Gasteiger partial charge in [0.05, 0.1) is 37.7 Å². The molecule has 0 radical (unpaired) electrons. The van der Waals surface area contributed by atoms with E-state index in [0.717, 1.165) is 22.2 Å². The fourth-order valence-corrected chi connectivity index (χ4v) is 4.60. The molecule has 1 atom stereocenters. The van der Waals surface area contributed by atoms with Gasteiger partial charge in [0.25, 0.3) is 5.91 Å². The molecule has 1 rings (SSSR count). The first kappa shape index (κ1) is 41.0. The van der Waals surface area contributed by atoms with Crippen LogP contribution in [0.4, 0.5) is 0 Å². The van der Waals surface area contributed by atoms with Gasteiger partial charge in [-0.1, -0.05) is 42.8 Å². The number of nitrogens with two attached hydrogens (primary N) is 1. The van der Waals surface area contributed by atoms with Gasteiger partial charge >= 0.3 is 0 Å². The lowest BCUT2D eigenvalue weighted by Gasteiger charge is -2.19. The van der Waals surface area contributed by atoms with E-state index in [1.165, 1.54) is 12.2 Å². The zero-order valence-electron chi connectivity index (χ0n) is 26.8. The number of carbonyl (C=O) groups is 9. The molecule has 1 unspecified atom stereocenters. The minimum atomic E-state index is -1.08. The number of benzene rings is 1. The molecule has 16 nitrogen and oxygen atoms in total. The molecule has 17 heteroatoms. The Hall–Kier alpha value is -5.06. The predicted molar refractivity (Wildman–Crippen MR) is 176 cm³/mol. The van der Waals surface area contributed by atoms with Gasteiger partial charge in [0.15, 0.2) is 5.78 Å². The highest BCUT2D eigenvalue weighted by atomic mass is 32.2. The molecule has 0 aliphatic heterocycles. The molecular formula is C31H43N7O9S. The normalized spacial score (nSPS) is 11.1. The maximum Gasteiger partial charge on any atom is 0.252 e. The van der Waals surface area contributed by atoms with Crippen molar-refractivity contribution in [2.75, 3.05) is 37.8 Å². The second-order valence-electron chi connectivity index (χ2n) is 10.3. The van der Waals surface area contributed by atoms with E-state index in [4.69, 9.17) is 5.73 Å². The molecule has 48 heavy (non-hydrogen) atoms. The van der Waals surface area contributed by atoms with Crippen molar-refractivity contribution in [1.29, 1.82) is 0 Å². The van der Waals surface area contributed by atoms with Crippen molar-refractivity contribution < 1.29 is 43.2 Å². The zero-order chi connectivity index (χ0) is 35.7. The predicted octanol–water partition coefficient (Wildman–Crippen LogP) is -1.56. The summed E-state index contributed by atoms with van der Waals surface area (Å²) in [5, 5.41) is 12.3.